The Morgan fingerprint density at radius 1 is 1.15 bits per heavy atom. The number of ether oxygens (including phenoxy) is 1. The molecule has 1 aromatic heterocycles. The van der Waals surface area contributed by atoms with Crippen molar-refractivity contribution >= 4 is 5.82 Å². The van der Waals surface area contributed by atoms with Crippen molar-refractivity contribution < 1.29 is 9.84 Å². The molecule has 0 aliphatic carbocycles. The van der Waals surface area contributed by atoms with E-state index >= 15 is 0 Å². The average molecular weight is 272 g/mol. The molecule has 1 heterocycles. The van der Waals surface area contributed by atoms with E-state index in [0.29, 0.717) is 18.1 Å². The van der Waals surface area contributed by atoms with Gasteiger partial charge >= 0.3 is 0 Å². The van der Waals surface area contributed by atoms with Gasteiger partial charge in [0.1, 0.15) is 0 Å². The molecule has 4 heteroatoms. The zero-order chi connectivity index (χ0) is 14.4. The molecule has 2 rings (SSSR count). The molecule has 20 heavy (non-hydrogen) atoms. The van der Waals surface area contributed by atoms with Gasteiger partial charge in [0.2, 0.25) is 0 Å². The van der Waals surface area contributed by atoms with Crippen LogP contribution in [0.4, 0.5) is 5.82 Å². The molecule has 1 unspecified atom stereocenters. The molecular formula is C16H20N2O2. The molecule has 4 nitrogen and oxygen atoms in total. The zero-order valence-corrected chi connectivity index (χ0v) is 11.8. The summed E-state index contributed by atoms with van der Waals surface area (Å²) in [5, 5.41) is 13.3. The highest BCUT2D eigenvalue weighted by Gasteiger charge is 2.10. The Morgan fingerprint density at radius 3 is 2.60 bits per heavy atom. The van der Waals surface area contributed by atoms with Gasteiger partial charge in [0.25, 0.3) is 0 Å². The van der Waals surface area contributed by atoms with E-state index in [1.54, 1.807) is 6.20 Å². The molecule has 2 N–H and O–H groups in total. The molecule has 0 saturated heterocycles. The smallest absolute Gasteiger partial charge is 0.168 e. The number of pyridine rings is 1. The number of aliphatic hydroxyl groups excluding tert-OH is 1. The van der Waals surface area contributed by atoms with Crippen LogP contribution in [0.25, 0.3) is 0 Å². The molecule has 106 valence electrons. The topological polar surface area (TPSA) is 54.4 Å². The van der Waals surface area contributed by atoms with Gasteiger partial charge in [0.05, 0.1) is 12.2 Å². The first-order valence-electron chi connectivity index (χ1n) is 6.75. The average Bonchev–Trinajstić information content (AvgIpc) is 2.46. The van der Waals surface area contributed by atoms with Gasteiger partial charge in [0, 0.05) is 12.7 Å². The Balaban J connectivity index is 2.00. The molecule has 1 atom stereocenters. The first-order chi connectivity index (χ1) is 9.66. The monoisotopic (exact) mass is 272 g/mol. The largest absolute Gasteiger partial charge is 0.487 e. The lowest BCUT2D eigenvalue weighted by molar-refractivity contribution is 0.191. The van der Waals surface area contributed by atoms with Crippen LogP contribution in [0.5, 0.6) is 5.75 Å². The first kappa shape index (κ1) is 14.3. The molecule has 0 radical (unpaired) electrons. The van der Waals surface area contributed by atoms with Gasteiger partial charge in [-0.3, -0.25) is 0 Å². The number of nitrogens with one attached hydrogen (secondary N) is 1. The quantitative estimate of drug-likeness (QED) is 0.848. The van der Waals surface area contributed by atoms with Gasteiger partial charge in [-0.2, -0.15) is 0 Å². The summed E-state index contributed by atoms with van der Waals surface area (Å²) in [6, 6.07) is 13.2. The van der Waals surface area contributed by atoms with Crippen molar-refractivity contribution in [2.75, 3.05) is 11.9 Å². The van der Waals surface area contributed by atoms with E-state index in [-0.39, 0.29) is 6.10 Å². The second kappa shape index (κ2) is 6.91. The highest BCUT2D eigenvalue weighted by atomic mass is 16.5. The number of rotatable bonds is 6. The van der Waals surface area contributed by atoms with E-state index in [9.17, 15) is 5.11 Å². The van der Waals surface area contributed by atoms with Crippen LogP contribution in [0.2, 0.25) is 0 Å². The number of aromatic nitrogens is 1. The maximum Gasteiger partial charge on any atom is 0.168 e. The van der Waals surface area contributed by atoms with Crippen molar-refractivity contribution in [2.24, 2.45) is 0 Å². The molecule has 0 spiro atoms. The summed E-state index contributed by atoms with van der Waals surface area (Å²) in [7, 11) is 0. The summed E-state index contributed by atoms with van der Waals surface area (Å²) in [4.78, 5) is 4.25. The predicted octanol–water partition coefficient (Wildman–Crippen LogP) is 3.01. The van der Waals surface area contributed by atoms with Gasteiger partial charge in [-0.1, -0.05) is 30.3 Å². The van der Waals surface area contributed by atoms with Crippen molar-refractivity contribution in [3.8, 4) is 5.75 Å². The van der Waals surface area contributed by atoms with Crippen molar-refractivity contribution in [3.63, 3.8) is 0 Å². The van der Waals surface area contributed by atoms with Crippen molar-refractivity contribution in [3.05, 3.63) is 54.2 Å². The fourth-order valence-corrected chi connectivity index (χ4v) is 1.86. The van der Waals surface area contributed by atoms with Crippen LogP contribution in [0.15, 0.2) is 48.7 Å². The van der Waals surface area contributed by atoms with Gasteiger partial charge in [0.15, 0.2) is 11.6 Å². The Morgan fingerprint density at radius 2 is 1.90 bits per heavy atom. The number of hydrogen-bond acceptors (Lipinski definition) is 4. The maximum atomic E-state index is 10.1. The molecule has 0 aliphatic heterocycles. The number of benzene rings is 1. The van der Waals surface area contributed by atoms with Crippen LogP contribution in [-0.4, -0.2) is 22.7 Å². The highest BCUT2D eigenvalue weighted by Crippen LogP contribution is 2.23. The van der Waals surface area contributed by atoms with Crippen LogP contribution in [0.1, 0.15) is 25.5 Å². The number of anilines is 1. The Labute approximate surface area is 119 Å². The molecule has 1 aromatic carbocycles. The lowest BCUT2D eigenvalue weighted by Gasteiger charge is -2.16. The normalized spacial score (nSPS) is 12.2. The van der Waals surface area contributed by atoms with Crippen LogP contribution in [0, 0.1) is 0 Å². The predicted molar refractivity (Wildman–Crippen MR) is 79.9 cm³/mol. The summed E-state index contributed by atoms with van der Waals surface area (Å²) < 4.78 is 5.68. The van der Waals surface area contributed by atoms with E-state index < -0.39 is 6.10 Å². The van der Waals surface area contributed by atoms with Gasteiger partial charge in [-0.25, -0.2) is 4.98 Å². The fourth-order valence-electron chi connectivity index (χ4n) is 1.86. The highest BCUT2D eigenvalue weighted by molar-refractivity contribution is 5.49. The zero-order valence-electron chi connectivity index (χ0n) is 11.8. The molecule has 0 fully saturated rings. The van der Waals surface area contributed by atoms with Crippen LogP contribution in [0.3, 0.4) is 0 Å². The fraction of sp³-hybridized carbons (Fsp3) is 0.312. The van der Waals surface area contributed by atoms with E-state index in [1.165, 1.54) is 0 Å². The Kier molecular flexibility index (Phi) is 4.96. The lowest BCUT2D eigenvalue weighted by atomic mass is 10.1. The van der Waals surface area contributed by atoms with Gasteiger partial charge in [-0.15, -0.1) is 0 Å². The molecule has 2 aromatic rings. The summed E-state index contributed by atoms with van der Waals surface area (Å²) in [5.41, 5.74) is 0.877. The second-order valence-corrected chi connectivity index (χ2v) is 4.82. The van der Waals surface area contributed by atoms with Crippen LogP contribution < -0.4 is 10.1 Å². The number of nitrogens with zero attached hydrogens (tertiary/aromatic N) is 1. The third-order valence-electron chi connectivity index (χ3n) is 2.78. The lowest BCUT2D eigenvalue weighted by Crippen LogP contribution is -2.15. The minimum atomic E-state index is -0.579. The van der Waals surface area contributed by atoms with Crippen LogP contribution in [-0.2, 0) is 0 Å². The summed E-state index contributed by atoms with van der Waals surface area (Å²) >= 11 is 0. The van der Waals surface area contributed by atoms with E-state index in [2.05, 4.69) is 10.3 Å². The Bertz CT molecular complexity index is 529. The van der Waals surface area contributed by atoms with Crippen molar-refractivity contribution in [1.82, 2.24) is 4.98 Å². The van der Waals surface area contributed by atoms with E-state index in [4.69, 9.17) is 4.74 Å². The maximum absolute atomic E-state index is 10.1. The number of aliphatic hydroxyl groups is 1. The van der Waals surface area contributed by atoms with Crippen molar-refractivity contribution in [1.29, 1.82) is 0 Å². The van der Waals surface area contributed by atoms with Crippen molar-refractivity contribution in [2.45, 2.75) is 26.1 Å². The summed E-state index contributed by atoms with van der Waals surface area (Å²) in [6.07, 6.45) is 1.20. The SMILES string of the molecule is CC(C)Oc1cccnc1NCC(O)c1ccccc1. The molecule has 0 amide bonds. The van der Waals surface area contributed by atoms with Gasteiger partial charge < -0.3 is 15.2 Å². The molecule has 0 saturated carbocycles. The van der Waals surface area contributed by atoms with E-state index in [1.807, 2.05) is 56.3 Å². The van der Waals surface area contributed by atoms with Crippen LogP contribution >= 0.6 is 0 Å². The first-order valence-corrected chi connectivity index (χ1v) is 6.75. The second-order valence-electron chi connectivity index (χ2n) is 4.82. The minimum Gasteiger partial charge on any atom is -0.487 e. The third kappa shape index (κ3) is 3.96. The summed E-state index contributed by atoms with van der Waals surface area (Å²) in [5.74, 6) is 1.35. The van der Waals surface area contributed by atoms with E-state index in [0.717, 1.165) is 5.56 Å². The third-order valence-corrected chi connectivity index (χ3v) is 2.78. The summed E-state index contributed by atoms with van der Waals surface area (Å²) in [6.45, 7) is 4.32. The molecular weight excluding hydrogens is 252 g/mol. The number of hydrogen-bond donors (Lipinski definition) is 2. The molecule has 0 aliphatic rings. The minimum absolute atomic E-state index is 0.0822. The van der Waals surface area contributed by atoms with Gasteiger partial charge in [-0.05, 0) is 31.5 Å². The molecule has 0 bridgehead atoms. The Hall–Kier alpha value is -2.07. The standard InChI is InChI=1S/C16H20N2O2/c1-12(2)20-15-9-6-10-17-16(15)18-11-14(19)13-7-4-3-5-8-13/h3-10,12,14,19H,11H2,1-2H3,(H,17,18).